The first-order chi connectivity index (χ1) is 9.24. The first-order valence-electron chi connectivity index (χ1n) is 6.33. The molecule has 102 valence electrons. The molecule has 0 heterocycles. The largest absolute Gasteiger partial charge is 0.457 e. The van der Waals surface area contributed by atoms with E-state index in [1.807, 2.05) is 6.07 Å². The molecule has 0 fully saturated rings. The number of carbonyl (C=O) groups is 2. The maximum atomic E-state index is 11.7. The van der Waals surface area contributed by atoms with E-state index in [4.69, 9.17) is 4.74 Å². The van der Waals surface area contributed by atoms with Crippen LogP contribution in [-0.2, 0) is 4.74 Å². The molecule has 0 N–H and O–H groups in total. The maximum Gasteiger partial charge on any atom is 0.371 e. The lowest BCUT2D eigenvalue weighted by atomic mass is 10.1. The summed E-state index contributed by atoms with van der Waals surface area (Å²) in [4.78, 5) is 23.0. The molecule has 4 heteroatoms. The molecule has 1 aromatic rings. The van der Waals surface area contributed by atoms with Crippen LogP contribution in [0.25, 0.3) is 0 Å². The third-order valence-electron chi connectivity index (χ3n) is 2.41. The lowest BCUT2D eigenvalue weighted by molar-refractivity contribution is 0.104. The van der Waals surface area contributed by atoms with E-state index in [0.717, 1.165) is 31.0 Å². The van der Waals surface area contributed by atoms with Crippen LogP contribution < -0.4 is 0 Å². The first kappa shape index (κ1) is 15.5. The van der Waals surface area contributed by atoms with Gasteiger partial charge in [-0.25, -0.2) is 4.79 Å². The predicted octanol–water partition coefficient (Wildman–Crippen LogP) is 4.44. The average molecular weight is 278 g/mol. The number of benzene rings is 1. The molecule has 0 bridgehead atoms. The van der Waals surface area contributed by atoms with Crippen molar-refractivity contribution in [2.24, 2.45) is 0 Å². The van der Waals surface area contributed by atoms with Crippen LogP contribution in [0.4, 0.5) is 4.79 Å². The zero-order chi connectivity index (χ0) is 13.9. The molecule has 3 nitrogen and oxygen atoms in total. The third kappa shape index (κ3) is 6.82. The molecule has 0 saturated carbocycles. The molecular weight excluding hydrogens is 260 g/mol. The second-order valence-corrected chi connectivity index (χ2v) is 4.80. The standard InChI is InChI=1S/C15H18O3S/c1-2-3-7-11-18-15(17)19-12-10-14(16)13-8-5-4-6-9-13/h4-6,8-10,12H,2-3,7,11H2,1H3/b12-10+. The van der Waals surface area contributed by atoms with Crippen molar-refractivity contribution in [3.8, 4) is 0 Å². The highest BCUT2D eigenvalue weighted by Crippen LogP contribution is 2.09. The minimum absolute atomic E-state index is 0.119. The van der Waals surface area contributed by atoms with Crippen molar-refractivity contribution < 1.29 is 14.3 Å². The van der Waals surface area contributed by atoms with E-state index >= 15 is 0 Å². The number of hydrogen-bond donors (Lipinski definition) is 0. The van der Waals surface area contributed by atoms with Crippen LogP contribution in [-0.4, -0.2) is 17.7 Å². The van der Waals surface area contributed by atoms with Gasteiger partial charge in [0.05, 0.1) is 6.61 Å². The number of ether oxygens (including phenoxy) is 1. The van der Waals surface area contributed by atoms with E-state index in [2.05, 4.69) is 6.92 Å². The molecule has 0 aliphatic carbocycles. The zero-order valence-electron chi connectivity index (χ0n) is 11.0. The Hall–Kier alpha value is -1.55. The van der Waals surface area contributed by atoms with E-state index in [1.165, 1.54) is 11.5 Å². The lowest BCUT2D eigenvalue weighted by Gasteiger charge is -2.00. The Morgan fingerprint density at radius 2 is 1.95 bits per heavy atom. The van der Waals surface area contributed by atoms with Crippen LogP contribution in [0.2, 0.25) is 0 Å². The van der Waals surface area contributed by atoms with Crippen LogP contribution in [0.3, 0.4) is 0 Å². The van der Waals surface area contributed by atoms with Crippen molar-refractivity contribution in [3.05, 3.63) is 47.4 Å². The van der Waals surface area contributed by atoms with E-state index in [0.29, 0.717) is 12.2 Å². The van der Waals surface area contributed by atoms with Gasteiger partial charge < -0.3 is 4.74 Å². The van der Waals surface area contributed by atoms with Crippen molar-refractivity contribution in [3.63, 3.8) is 0 Å². The van der Waals surface area contributed by atoms with Gasteiger partial charge in [-0.05, 0) is 29.7 Å². The third-order valence-corrected chi connectivity index (χ3v) is 2.99. The number of hydrogen-bond acceptors (Lipinski definition) is 4. The van der Waals surface area contributed by atoms with Crippen LogP contribution in [0.15, 0.2) is 41.8 Å². The Labute approximate surface area is 118 Å². The van der Waals surface area contributed by atoms with Gasteiger partial charge in [0.15, 0.2) is 5.78 Å². The summed E-state index contributed by atoms with van der Waals surface area (Å²) < 4.78 is 4.99. The van der Waals surface area contributed by atoms with Gasteiger partial charge in [-0.1, -0.05) is 50.1 Å². The summed E-state index contributed by atoms with van der Waals surface area (Å²) in [5.74, 6) is -0.119. The molecule has 0 spiro atoms. The van der Waals surface area contributed by atoms with Crippen LogP contribution >= 0.6 is 11.8 Å². The highest BCUT2D eigenvalue weighted by atomic mass is 32.2. The normalized spacial score (nSPS) is 10.6. The lowest BCUT2D eigenvalue weighted by Crippen LogP contribution is -1.98. The fourth-order valence-corrected chi connectivity index (χ4v) is 1.85. The van der Waals surface area contributed by atoms with Gasteiger partial charge in [0.1, 0.15) is 0 Å². The Morgan fingerprint density at radius 3 is 2.63 bits per heavy atom. The summed E-state index contributed by atoms with van der Waals surface area (Å²) in [7, 11) is 0. The van der Waals surface area contributed by atoms with Crippen LogP contribution in [0, 0.1) is 0 Å². The quantitative estimate of drug-likeness (QED) is 0.320. The van der Waals surface area contributed by atoms with Crippen molar-refractivity contribution in [1.29, 1.82) is 0 Å². The molecule has 1 aromatic carbocycles. The van der Waals surface area contributed by atoms with Crippen molar-refractivity contribution in [1.82, 2.24) is 0 Å². The fourth-order valence-electron chi connectivity index (χ4n) is 1.39. The molecule has 0 unspecified atom stereocenters. The van der Waals surface area contributed by atoms with Crippen molar-refractivity contribution >= 4 is 22.8 Å². The summed E-state index contributed by atoms with van der Waals surface area (Å²) in [5, 5.41) is 1.10. The Morgan fingerprint density at radius 1 is 1.21 bits per heavy atom. The van der Waals surface area contributed by atoms with E-state index in [1.54, 1.807) is 24.3 Å². The number of allylic oxidation sites excluding steroid dienone is 1. The van der Waals surface area contributed by atoms with Crippen molar-refractivity contribution in [2.75, 3.05) is 6.61 Å². The Balaban J connectivity index is 2.26. The molecule has 0 amide bonds. The van der Waals surface area contributed by atoms with Crippen LogP contribution in [0.1, 0.15) is 36.5 Å². The van der Waals surface area contributed by atoms with Gasteiger partial charge >= 0.3 is 5.30 Å². The second-order valence-electron chi connectivity index (χ2n) is 3.96. The van der Waals surface area contributed by atoms with Gasteiger partial charge in [0.2, 0.25) is 0 Å². The summed E-state index contributed by atoms with van der Waals surface area (Å²) >= 11 is 0.895. The maximum absolute atomic E-state index is 11.7. The van der Waals surface area contributed by atoms with Crippen LogP contribution in [0.5, 0.6) is 0 Å². The highest BCUT2D eigenvalue weighted by Gasteiger charge is 2.02. The average Bonchev–Trinajstić information content (AvgIpc) is 2.44. The molecular formula is C15H18O3S. The van der Waals surface area contributed by atoms with E-state index in [9.17, 15) is 9.59 Å². The van der Waals surface area contributed by atoms with E-state index < -0.39 is 0 Å². The Kier molecular flexibility index (Phi) is 7.66. The second kappa shape index (κ2) is 9.39. The molecule has 1 rings (SSSR count). The summed E-state index contributed by atoms with van der Waals surface area (Å²) in [6.07, 6.45) is 4.42. The molecule has 19 heavy (non-hydrogen) atoms. The number of carbonyl (C=O) groups excluding carboxylic acids is 2. The topological polar surface area (TPSA) is 43.4 Å². The molecule has 0 aliphatic rings. The van der Waals surface area contributed by atoms with Gasteiger partial charge in [-0.3, -0.25) is 4.79 Å². The summed E-state index contributed by atoms with van der Waals surface area (Å²) in [6, 6.07) is 8.93. The van der Waals surface area contributed by atoms with Gasteiger partial charge in [-0.2, -0.15) is 0 Å². The number of rotatable bonds is 7. The predicted molar refractivity (Wildman–Crippen MR) is 78.4 cm³/mol. The zero-order valence-corrected chi connectivity index (χ0v) is 11.8. The SMILES string of the molecule is CCCCCOC(=O)S/C=C/C(=O)c1ccccc1. The van der Waals surface area contributed by atoms with Gasteiger partial charge in [0, 0.05) is 5.56 Å². The monoisotopic (exact) mass is 278 g/mol. The highest BCUT2D eigenvalue weighted by molar-refractivity contribution is 8.15. The number of ketones is 1. The molecule has 0 radical (unpaired) electrons. The smallest absolute Gasteiger partial charge is 0.371 e. The molecule has 0 atom stereocenters. The molecule has 0 aliphatic heterocycles. The van der Waals surface area contributed by atoms with Crippen molar-refractivity contribution in [2.45, 2.75) is 26.2 Å². The minimum atomic E-state index is -0.367. The van der Waals surface area contributed by atoms with Gasteiger partial charge in [0.25, 0.3) is 0 Å². The first-order valence-corrected chi connectivity index (χ1v) is 7.21. The summed E-state index contributed by atoms with van der Waals surface area (Å²) in [6.45, 7) is 2.54. The fraction of sp³-hybridized carbons (Fsp3) is 0.333. The van der Waals surface area contributed by atoms with E-state index in [-0.39, 0.29) is 11.1 Å². The minimum Gasteiger partial charge on any atom is -0.457 e. The number of unbranched alkanes of at least 4 members (excludes halogenated alkanes) is 2. The summed E-state index contributed by atoms with van der Waals surface area (Å²) in [5.41, 5.74) is 0.607. The Bertz CT molecular complexity index is 426. The molecule has 0 aromatic heterocycles. The number of thioether (sulfide) groups is 1. The molecule has 0 saturated heterocycles. The van der Waals surface area contributed by atoms with Gasteiger partial charge in [-0.15, -0.1) is 0 Å².